The van der Waals surface area contributed by atoms with E-state index in [4.69, 9.17) is 0 Å². The van der Waals surface area contributed by atoms with E-state index in [2.05, 4.69) is 15.3 Å². The van der Waals surface area contributed by atoms with E-state index in [1.165, 1.54) is 12.3 Å². The van der Waals surface area contributed by atoms with Gasteiger partial charge in [0.05, 0.1) is 11.3 Å². The maximum absolute atomic E-state index is 14.5. The zero-order valence-electron chi connectivity index (χ0n) is 17.1. The molecule has 7 heteroatoms. The lowest BCUT2D eigenvalue weighted by Gasteiger charge is -2.25. The summed E-state index contributed by atoms with van der Waals surface area (Å²) in [5, 5.41) is 3.91. The van der Waals surface area contributed by atoms with Crippen LogP contribution in [-0.4, -0.2) is 45.8 Å². The van der Waals surface area contributed by atoms with Crippen molar-refractivity contribution in [1.82, 2.24) is 20.2 Å². The number of H-pyrrole nitrogens is 1. The van der Waals surface area contributed by atoms with Crippen LogP contribution in [0.4, 0.5) is 4.39 Å². The zero-order valence-corrected chi connectivity index (χ0v) is 17.1. The van der Waals surface area contributed by atoms with Crippen molar-refractivity contribution in [3.63, 3.8) is 0 Å². The van der Waals surface area contributed by atoms with Crippen LogP contribution in [0.5, 0.6) is 0 Å². The van der Waals surface area contributed by atoms with Crippen LogP contribution in [-0.2, 0) is 4.79 Å². The van der Waals surface area contributed by atoms with Crippen molar-refractivity contribution < 1.29 is 14.0 Å². The van der Waals surface area contributed by atoms with Crippen LogP contribution < -0.4 is 5.32 Å². The Morgan fingerprint density at radius 3 is 2.83 bits per heavy atom. The standard InChI is InChI=1S/C23H25FN4O2/c1-3-22(29)27-16-5-6-17(11-16)28(2)23(30)15-4-7-20(26-13-15)18-10-14-8-9-25-21(14)12-19(18)24/h4,7-10,12-13,16-17,25H,3,5-6,11H2,1-2H3,(H,27,29)/t16-,17+/m0/s1. The minimum absolute atomic E-state index is 0.0412. The molecule has 1 aliphatic carbocycles. The molecule has 0 radical (unpaired) electrons. The fraction of sp³-hybridized carbons (Fsp3) is 0.348. The summed E-state index contributed by atoms with van der Waals surface area (Å²) in [4.78, 5) is 33.5. The SMILES string of the molecule is CCC(=O)N[C@H]1CC[C@@H](N(C)C(=O)c2ccc(-c3cc4cc[nH]c4cc3F)nc2)C1. The molecule has 156 valence electrons. The number of hydrogen-bond donors (Lipinski definition) is 2. The number of aromatic nitrogens is 2. The third-order valence-corrected chi connectivity index (χ3v) is 5.89. The minimum atomic E-state index is -0.361. The van der Waals surface area contributed by atoms with Crippen molar-refractivity contribution in [2.45, 2.75) is 44.7 Å². The smallest absolute Gasteiger partial charge is 0.255 e. The second-order valence-electron chi connectivity index (χ2n) is 7.83. The van der Waals surface area contributed by atoms with E-state index in [0.29, 0.717) is 23.2 Å². The molecule has 6 nitrogen and oxygen atoms in total. The van der Waals surface area contributed by atoms with Gasteiger partial charge in [-0.1, -0.05) is 6.92 Å². The lowest BCUT2D eigenvalue weighted by molar-refractivity contribution is -0.121. The average molecular weight is 408 g/mol. The first-order valence-electron chi connectivity index (χ1n) is 10.3. The molecule has 1 aromatic carbocycles. The molecule has 2 heterocycles. The Morgan fingerprint density at radius 2 is 2.10 bits per heavy atom. The lowest BCUT2D eigenvalue weighted by atomic mass is 10.1. The molecule has 30 heavy (non-hydrogen) atoms. The van der Waals surface area contributed by atoms with Crippen molar-refractivity contribution in [1.29, 1.82) is 0 Å². The molecule has 1 saturated carbocycles. The molecule has 2 amide bonds. The Kier molecular flexibility index (Phi) is 5.53. The Balaban J connectivity index is 1.46. The van der Waals surface area contributed by atoms with E-state index in [1.54, 1.807) is 36.3 Å². The van der Waals surface area contributed by atoms with Crippen molar-refractivity contribution in [3.05, 3.63) is 54.1 Å². The zero-order chi connectivity index (χ0) is 21.3. The summed E-state index contributed by atoms with van der Waals surface area (Å²) in [7, 11) is 1.78. The number of pyridine rings is 1. The maximum Gasteiger partial charge on any atom is 0.255 e. The number of carbonyl (C=O) groups is 2. The summed E-state index contributed by atoms with van der Waals surface area (Å²) >= 11 is 0. The second kappa shape index (κ2) is 8.26. The first kappa shape index (κ1) is 20.1. The van der Waals surface area contributed by atoms with E-state index < -0.39 is 0 Å². The number of amides is 2. The van der Waals surface area contributed by atoms with Crippen LogP contribution in [0.3, 0.4) is 0 Å². The quantitative estimate of drug-likeness (QED) is 0.672. The number of carbonyl (C=O) groups excluding carboxylic acids is 2. The summed E-state index contributed by atoms with van der Waals surface area (Å²) in [6, 6.07) is 8.64. The molecular weight excluding hydrogens is 383 g/mol. The van der Waals surface area contributed by atoms with Gasteiger partial charge in [0.15, 0.2) is 0 Å². The average Bonchev–Trinajstić information content (AvgIpc) is 3.41. The molecule has 1 fully saturated rings. The number of aromatic amines is 1. The highest BCUT2D eigenvalue weighted by atomic mass is 19.1. The highest BCUT2D eigenvalue weighted by Crippen LogP contribution is 2.27. The van der Waals surface area contributed by atoms with Crippen LogP contribution in [0, 0.1) is 5.82 Å². The Bertz CT molecular complexity index is 1080. The topological polar surface area (TPSA) is 78.1 Å². The number of nitrogens with one attached hydrogen (secondary N) is 2. The lowest BCUT2D eigenvalue weighted by Crippen LogP contribution is -2.38. The number of halogens is 1. The predicted octanol–water partition coefficient (Wildman–Crippen LogP) is 3.89. The fourth-order valence-corrected chi connectivity index (χ4v) is 4.09. The number of fused-ring (bicyclic) bond motifs is 1. The Labute approximate surface area is 174 Å². The van der Waals surface area contributed by atoms with Crippen LogP contribution in [0.25, 0.3) is 22.2 Å². The predicted molar refractivity (Wildman–Crippen MR) is 113 cm³/mol. The summed E-state index contributed by atoms with van der Waals surface area (Å²) in [6.07, 6.45) is 6.20. The fourth-order valence-electron chi connectivity index (χ4n) is 4.09. The molecule has 0 bridgehead atoms. The van der Waals surface area contributed by atoms with Gasteiger partial charge < -0.3 is 15.2 Å². The molecule has 0 unspecified atom stereocenters. The minimum Gasteiger partial charge on any atom is -0.361 e. The van der Waals surface area contributed by atoms with Crippen molar-refractivity contribution >= 4 is 22.7 Å². The summed E-state index contributed by atoms with van der Waals surface area (Å²) in [5.41, 5.74) is 2.08. The van der Waals surface area contributed by atoms with Gasteiger partial charge >= 0.3 is 0 Å². The van der Waals surface area contributed by atoms with Gasteiger partial charge in [0.1, 0.15) is 5.82 Å². The Morgan fingerprint density at radius 1 is 1.27 bits per heavy atom. The first-order chi connectivity index (χ1) is 14.5. The van der Waals surface area contributed by atoms with Crippen LogP contribution in [0.2, 0.25) is 0 Å². The monoisotopic (exact) mass is 408 g/mol. The van der Waals surface area contributed by atoms with Crippen LogP contribution in [0.15, 0.2) is 42.7 Å². The molecule has 2 aromatic heterocycles. The number of benzene rings is 1. The molecule has 2 N–H and O–H groups in total. The van der Waals surface area contributed by atoms with E-state index in [9.17, 15) is 14.0 Å². The van der Waals surface area contributed by atoms with Crippen LogP contribution >= 0.6 is 0 Å². The molecule has 2 atom stereocenters. The highest BCUT2D eigenvalue weighted by Gasteiger charge is 2.31. The largest absolute Gasteiger partial charge is 0.361 e. The van der Waals surface area contributed by atoms with Gasteiger partial charge in [-0.3, -0.25) is 14.6 Å². The first-order valence-corrected chi connectivity index (χ1v) is 10.3. The second-order valence-corrected chi connectivity index (χ2v) is 7.83. The number of nitrogens with zero attached hydrogens (tertiary/aromatic N) is 2. The van der Waals surface area contributed by atoms with Gasteiger partial charge in [-0.15, -0.1) is 0 Å². The van der Waals surface area contributed by atoms with Crippen LogP contribution in [0.1, 0.15) is 43.0 Å². The van der Waals surface area contributed by atoms with E-state index in [1.807, 2.05) is 13.0 Å². The summed E-state index contributed by atoms with van der Waals surface area (Å²) < 4.78 is 14.5. The van der Waals surface area contributed by atoms with Gasteiger partial charge in [0, 0.05) is 54.4 Å². The highest BCUT2D eigenvalue weighted by molar-refractivity contribution is 5.94. The third kappa shape index (κ3) is 3.92. The summed E-state index contributed by atoms with van der Waals surface area (Å²) in [6.45, 7) is 1.83. The molecule has 1 aliphatic rings. The molecule has 0 aliphatic heterocycles. The maximum atomic E-state index is 14.5. The normalized spacial score (nSPS) is 18.5. The number of hydrogen-bond acceptors (Lipinski definition) is 3. The third-order valence-electron chi connectivity index (χ3n) is 5.89. The molecule has 0 saturated heterocycles. The summed E-state index contributed by atoms with van der Waals surface area (Å²) in [5.74, 6) is -0.442. The molecule has 0 spiro atoms. The van der Waals surface area contributed by atoms with Gasteiger partial charge in [-0.25, -0.2) is 4.39 Å². The van der Waals surface area contributed by atoms with E-state index in [0.717, 1.165) is 30.2 Å². The van der Waals surface area contributed by atoms with Crippen molar-refractivity contribution in [2.75, 3.05) is 7.05 Å². The molecule has 4 rings (SSSR count). The van der Waals surface area contributed by atoms with E-state index >= 15 is 0 Å². The van der Waals surface area contributed by atoms with Gasteiger partial charge in [-0.2, -0.15) is 0 Å². The number of rotatable bonds is 5. The molecule has 3 aromatic rings. The van der Waals surface area contributed by atoms with Gasteiger partial charge in [-0.05, 0) is 49.6 Å². The van der Waals surface area contributed by atoms with E-state index in [-0.39, 0.29) is 29.7 Å². The van der Waals surface area contributed by atoms with Crippen molar-refractivity contribution in [3.8, 4) is 11.3 Å². The van der Waals surface area contributed by atoms with Crippen molar-refractivity contribution in [2.24, 2.45) is 0 Å². The van der Waals surface area contributed by atoms with Gasteiger partial charge in [0.25, 0.3) is 5.91 Å². The molecular formula is C23H25FN4O2. The Hall–Kier alpha value is -3.22. The van der Waals surface area contributed by atoms with Gasteiger partial charge in [0.2, 0.25) is 5.91 Å².